The van der Waals surface area contributed by atoms with E-state index in [0.717, 1.165) is 51.2 Å². The van der Waals surface area contributed by atoms with E-state index in [9.17, 15) is 9.18 Å². The number of carbonyl (C=O) groups excluding carboxylic acids is 1. The maximum absolute atomic E-state index is 14.2. The second kappa shape index (κ2) is 10.8. The van der Waals surface area contributed by atoms with Gasteiger partial charge in [-0.05, 0) is 55.5 Å². The van der Waals surface area contributed by atoms with Gasteiger partial charge < -0.3 is 0 Å². The predicted molar refractivity (Wildman–Crippen MR) is 151 cm³/mol. The number of nitrogens with zero attached hydrogens (tertiary/aromatic N) is 3. The number of hydrogen-bond acceptors (Lipinski definition) is 4. The normalized spacial score (nSPS) is 22.1. The number of likely N-dealkylation sites (tertiary alicyclic amines) is 1. The average Bonchev–Trinajstić information content (AvgIpc) is 3.11. The van der Waals surface area contributed by atoms with Gasteiger partial charge in [0.15, 0.2) is 0 Å². The minimum atomic E-state index is -0.557. The van der Waals surface area contributed by atoms with Crippen molar-refractivity contribution < 1.29 is 9.18 Å². The third kappa shape index (κ3) is 5.88. The highest BCUT2D eigenvalue weighted by Gasteiger charge is 2.53. The first-order valence-corrected chi connectivity index (χ1v) is 14.5. The first-order chi connectivity index (χ1) is 17.7. The quantitative estimate of drug-likeness (QED) is 0.430. The third-order valence-corrected chi connectivity index (χ3v) is 8.95. The van der Waals surface area contributed by atoms with E-state index in [0.29, 0.717) is 5.69 Å². The number of amides is 2. The van der Waals surface area contributed by atoms with Crippen molar-refractivity contribution in [1.82, 2.24) is 10.2 Å². The first kappa shape index (κ1) is 26.2. The maximum Gasteiger partial charge on any atom is 0.328 e. The molecule has 5 rings (SSSR count). The molecule has 0 atom stereocenters. The van der Waals surface area contributed by atoms with E-state index >= 15 is 0 Å². The Bertz CT molecular complexity index is 1150. The molecule has 2 aliphatic heterocycles. The number of piperidine rings is 1. The molecule has 3 aliphatic rings. The molecule has 0 unspecified atom stereocenters. The smallest absolute Gasteiger partial charge is 0.299 e. The molecule has 0 bridgehead atoms. The minimum Gasteiger partial charge on any atom is -0.299 e. The summed E-state index contributed by atoms with van der Waals surface area (Å²) in [6.45, 7) is 9.32. The van der Waals surface area contributed by atoms with Crippen molar-refractivity contribution >= 4 is 29.3 Å². The van der Waals surface area contributed by atoms with E-state index in [4.69, 9.17) is 4.99 Å². The van der Waals surface area contributed by atoms with Crippen LogP contribution in [0.15, 0.2) is 58.4 Å². The largest absolute Gasteiger partial charge is 0.328 e. The summed E-state index contributed by atoms with van der Waals surface area (Å²) >= 11 is 1.91. The van der Waals surface area contributed by atoms with Crippen molar-refractivity contribution in [2.24, 2.45) is 4.99 Å². The molecule has 1 N–H and O–H groups in total. The standard InChI is InChI=1S/C30H39FN4OS/c1-29(2,3)37-26-15-8-7-10-22(26)21-34-18-16-30(17-19-34)27(32-24-12-5-4-6-13-24)33-28(36)35(30)25-14-9-11-23(31)20-25/h7-11,14-15,20,24H,4-6,12-13,16-19,21H2,1-3H3,(H,32,33,36). The molecule has 2 heterocycles. The number of benzene rings is 2. The van der Waals surface area contributed by atoms with Crippen LogP contribution in [-0.2, 0) is 6.54 Å². The topological polar surface area (TPSA) is 47.9 Å². The zero-order valence-corrected chi connectivity index (χ0v) is 23.1. The highest BCUT2D eigenvalue weighted by molar-refractivity contribution is 8.00. The lowest BCUT2D eigenvalue weighted by Crippen LogP contribution is -2.57. The van der Waals surface area contributed by atoms with Crippen molar-refractivity contribution in [3.63, 3.8) is 0 Å². The number of thioether (sulfide) groups is 1. The minimum absolute atomic E-state index is 0.147. The fourth-order valence-corrected chi connectivity index (χ4v) is 7.01. The van der Waals surface area contributed by atoms with Crippen molar-refractivity contribution in [3.05, 3.63) is 59.9 Å². The Morgan fingerprint density at radius 3 is 2.49 bits per heavy atom. The van der Waals surface area contributed by atoms with Gasteiger partial charge in [0, 0.05) is 35.0 Å². The van der Waals surface area contributed by atoms with Crippen LogP contribution in [0.1, 0.15) is 71.3 Å². The van der Waals surface area contributed by atoms with Crippen molar-refractivity contribution in [2.45, 2.75) is 93.5 Å². The molecular formula is C30H39FN4OS. The van der Waals surface area contributed by atoms with Gasteiger partial charge in [0.25, 0.3) is 0 Å². The first-order valence-electron chi connectivity index (χ1n) is 13.7. The number of hydrogen-bond donors (Lipinski definition) is 1. The summed E-state index contributed by atoms with van der Waals surface area (Å²) < 4.78 is 14.4. The van der Waals surface area contributed by atoms with Gasteiger partial charge in [-0.2, -0.15) is 0 Å². The van der Waals surface area contributed by atoms with Crippen LogP contribution in [0.4, 0.5) is 14.9 Å². The summed E-state index contributed by atoms with van der Waals surface area (Å²) in [7, 11) is 0. The Morgan fingerprint density at radius 1 is 1.05 bits per heavy atom. The molecule has 1 spiro atoms. The molecule has 2 aromatic rings. The number of urea groups is 1. The number of amidine groups is 1. The van der Waals surface area contributed by atoms with Crippen LogP contribution in [0.2, 0.25) is 0 Å². The van der Waals surface area contributed by atoms with Crippen molar-refractivity contribution in [2.75, 3.05) is 18.0 Å². The lowest BCUT2D eigenvalue weighted by molar-refractivity contribution is 0.183. The molecule has 3 fully saturated rings. The average molecular weight is 523 g/mol. The summed E-state index contributed by atoms with van der Waals surface area (Å²) in [6.07, 6.45) is 7.32. The third-order valence-electron chi connectivity index (χ3n) is 7.72. The Hall–Kier alpha value is -2.38. The van der Waals surface area contributed by atoms with E-state index in [2.05, 4.69) is 55.3 Å². The predicted octanol–water partition coefficient (Wildman–Crippen LogP) is 7.01. The molecule has 7 heteroatoms. The highest BCUT2D eigenvalue weighted by atomic mass is 32.2. The monoisotopic (exact) mass is 522 g/mol. The molecule has 0 radical (unpaired) electrons. The number of nitrogens with one attached hydrogen (secondary N) is 1. The molecule has 0 aromatic heterocycles. The Balaban J connectivity index is 1.40. The van der Waals surface area contributed by atoms with E-state index in [1.165, 1.54) is 41.9 Å². The zero-order chi connectivity index (χ0) is 26.0. The molecular weight excluding hydrogens is 483 g/mol. The molecule has 2 amide bonds. The van der Waals surface area contributed by atoms with Crippen molar-refractivity contribution in [1.29, 1.82) is 0 Å². The lowest BCUT2D eigenvalue weighted by atomic mass is 9.84. The second-order valence-corrected chi connectivity index (χ2v) is 13.5. The van der Waals surface area contributed by atoms with Crippen LogP contribution in [0.25, 0.3) is 0 Å². The van der Waals surface area contributed by atoms with Crippen molar-refractivity contribution in [3.8, 4) is 0 Å². The number of halogens is 1. The zero-order valence-electron chi connectivity index (χ0n) is 22.3. The number of aliphatic imine (C=N–C) groups is 1. The highest BCUT2D eigenvalue weighted by Crippen LogP contribution is 2.40. The van der Waals surface area contributed by atoms with Gasteiger partial charge in [-0.15, -0.1) is 11.8 Å². The van der Waals surface area contributed by atoms with Crippen LogP contribution in [0.5, 0.6) is 0 Å². The van der Waals surface area contributed by atoms with E-state index in [-0.39, 0.29) is 22.6 Å². The van der Waals surface area contributed by atoms with Crippen LogP contribution in [0, 0.1) is 5.82 Å². The van der Waals surface area contributed by atoms with Gasteiger partial charge in [0.05, 0.1) is 6.04 Å². The van der Waals surface area contributed by atoms with Crippen LogP contribution in [0.3, 0.4) is 0 Å². The van der Waals surface area contributed by atoms with Crippen LogP contribution in [-0.4, -0.2) is 46.2 Å². The summed E-state index contributed by atoms with van der Waals surface area (Å²) in [6, 6.07) is 15.2. The SMILES string of the molecule is CC(C)(C)Sc1ccccc1CN1CCC2(CC1)C(=NC1CCCCC1)NC(=O)N2c1cccc(F)c1. The van der Waals surface area contributed by atoms with E-state index < -0.39 is 5.54 Å². The number of rotatable bonds is 5. The molecule has 1 saturated carbocycles. The van der Waals surface area contributed by atoms with Gasteiger partial charge in [-0.1, -0.05) is 64.3 Å². The Morgan fingerprint density at radius 2 is 1.78 bits per heavy atom. The fourth-order valence-electron chi connectivity index (χ4n) is 5.94. The van der Waals surface area contributed by atoms with E-state index in [1.54, 1.807) is 11.0 Å². The van der Waals surface area contributed by atoms with Gasteiger partial charge >= 0.3 is 6.03 Å². The molecule has 37 heavy (non-hydrogen) atoms. The van der Waals surface area contributed by atoms with E-state index in [1.807, 2.05) is 17.8 Å². The van der Waals surface area contributed by atoms with Gasteiger partial charge in [0.2, 0.25) is 0 Å². The molecule has 1 aliphatic carbocycles. The fraction of sp³-hybridized carbons (Fsp3) is 0.533. The Kier molecular flexibility index (Phi) is 7.64. The number of carbonyl (C=O) groups is 1. The maximum atomic E-state index is 14.2. The second-order valence-electron chi connectivity index (χ2n) is 11.6. The van der Waals surface area contributed by atoms with Crippen LogP contribution < -0.4 is 10.2 Å². The summed E-state index contributed by atoms with van der Waals surface area (Å²) in [5, 5.41) is 3.12. The molecule has 2 saturated heterocycles. The summed E-state index contributed by atoms with van der Waals surface area (Å²) in [5.74, 6) is 0.459. The van der Waals surface area contributed by atoms with Gasteiger partial charge in [-0.3, -0.25) is 20.1 Å². The van der Waals surface area contributed by atoms with Gasteiger partial charge in [-0.25, -0.2) is 9.18 Å². The molecule has 2 aromatic carbocycles. The van der Waals surface area contributed by atoms with Gasteiger partial charge in [0.1, 0.15) is 17.2 Å². The number of anilines is 1. The Labute approximate surface area is 224 Å². The lowest BCUT2D eigenvalue weighted by Gasteiger charge is -2.44. The van der Waals surface area contributed by atoms with Crippen LogP contribution >= 0.6 is 11.8 Å². The summed E-state index contributed by atoms with van der Waals surface area (Å²) in [5.41, 5.74) is 1.39. The molecule has 5 nitrogen and oxygen atoms in total. The molecule has 198 valence electrons. The summed E-state index contributed by atoms with van der Waals surface area (Å²) in [4.78, 5) is 24.1.